The van der Waals surface area contributed by atoms with Gasteiger partial charge in [-0.15, -0.1) is 0 Å². The van der Waals surface area contributed by atoms with E-state index in [0.717, 1.165) is 11.1 Å². The highest BCUT2D eigenvalue weighted by Crippen LogP contribution is 2.49. The zero-order valence-electron chi connectivity index (χ0n) is 12.5. The Morgan fingerprint density at radius 3 is 2.36 bits per heavy atom. The fourth-order valence-electron chi connectivity index (χ4n) is 2.90. The van der Waals surface area contributed by atoms with E-state index in [1.54, 1.807) is 12.1 Å². The first kappa shape index (κ1) is 14.1. The van der Waals surface area contributed by atoms with Crippen LogP contribution in [0, 0.1) is 10.8 Å². The molecule has 5 heteroatoms. The van der Waals surface area contributed by atoms with Gasteiger partial charge in [-0.3, -0.25) is 10.8 Å². The summed E-state index contributed by atoms with van der Waals surface area (Å²) in [6.45, 7) is 4.20. The van der Waals surface area contributed by atoms with Crippen molar-refractivity contribution in [1.29, 1.82) is 10.8 Å². The highest BCUT2D eigenvalue weighted by molar-refractivity contribution is 5.99. The molecule has 22 heavy (non-hydrogen) atoms. The molecule has 0 saturated heterocycles. The molecule has 0 aliphatic carbocycles. The second kappa shape index (κ2) is 4.59. The van der Waals surface area contributed by atoms with Crippen LogP contribution in [-0.2, 0) is 5.41 Å². The third kappa shape index (κ3) is 1.94. The molecule has 2 aromatic rings. The van der Waals surface area contributed by atoms with Crippen molar-refractivity contribution >= 4 is 11.7 Å². The number of nitrogen functional groups attached to an aromatic ring is 2. The lowest BCUT2D eigenvalue weighted by Crippen LogP contribution is -2.27. The number of benzene rings is 2. The zero-order chi connectivity index (χ0) is 16.1. The van der Waals surface area contributed by atoms with Gasteiger partial charge in [0.25, 0.3) is 0 Å². The minimum atomic E-state index is -0.288. The van der Waals surface area contributed by atoms with Crippen LogP contribution < -0.4 is 16.2 Å². The molecule has 0 saturated carbocycles. The highest BCUT2D eigenvalue weighted by Gasteiger charge is 2.35. The van der Waals surface area contributed by atoms with Gasteiger partial charge in [0.05, 0.1) is 5.56 Å². The smallest absolute Gasteiger partial charge is 0.142 e. The average molecular weight is 294 g/mol. The summed E-state index contributed by atoms with van der Waals surface area (Å²) < 4.78 is 6.02. The third-order valence-corrected chi connectivity index (χ3v) is 4.16. The van der Waals surface area contributed by atoms with E-state index >= 15 is 0 Å². The number of hydrogen-bond acceptors (Lipinski definition) is 3. The molecule has 0 bridgehead atoms. The van der Waals surface area contributed by atoms with Gasteiger partial charge in [0.2, 0.25) is 0 Å². The van der Waals surface area contributed by atoms with Crippen LogP contribution in [0.15, 0.2) is 36.4 Å². The van der Waals surface area contributed by atoms with Gasteiger partial charge in [-0.1, -0.05) is 38.1 Å². The first-order valence-corrected chi connectivity index (χ1v) is 6.97. The molecule has 0 fully saturated rings. The van der Waals surface area contributed by atoms with E-state index in [9.17, 15) is 0 Å². The van der Waals surface area contributed by atoms with Crippen molar-refractivity contribution in [2.24, 2.45) is 11.5 Å². The monoisotopic (exact) mass is 294 g/mol. The van der Waals surface area contributed by atoms with Gasteiger partial charge in [0.1, 0.15) is 23.2 Å². The SMILES string of the molecule is CC1(C)c2ccc(C(=N)N)cc2Oc2c(C(=N)N)cccc21. The van der Waals surface area contributed by atoms with Crippen molar-refractivity contribution in [2.75, 3.05) is 0 Å². The molecule has 0 aromatic heterocycles. The largest absolute Gasteiger partial charge is 0.456 e. The number of nitrogens with one attached hydrogen (secondary N) is 2. The molecule has 0 amide bonds. The van der Waals surface area contributed by atoms with Crippen molar-refractivity contribution in [3.8, 4) is 11.5 Å². The molecule has 0 spiro atoms. The van der Waals surface area contributed by atoms with E-state index in [4.69, 9.17) is 27.0 Å². The molecule has 1 aliphatic rings. The van der Waals surface area contributed by atoms with Crippen molar-refractivity contribution < 1.29 is 4.74 Å². The number of ether oxygens (including phenoxy) is 1. The van der Waals surface area contributed by atoms with Crippen LogP contribution in [0.4, 0.5) is 0 Å². The molecule has 6 N–H and O–H groups in total. The lowest BCUT2D eigenvalue weighted by Gasteiger charge is -2.35. The normalized spacial score (nSPS) is 14.5. The van der Waals surface area contributed by atoms with E-state index in [1.165, 1.54) is 0 Å². The maximum atomic E-state index is 7.74. The highest BCUT2D eigenvalue weighted by atomic mass is 16.5. The molecule has 0 unspecified atom stereocenters. The molecular formula is C17H18N4O. The lowest BCUT2D eigenvalue weighted by molar-refractivity contribution is 0.417. The molecule has 3 rings (SSSR count). The number of amidine groups is 2. The Balaban J connectivity index is 2.26. The molecule has 2 aromatic carbocycles. The van der Waals surface area contributed by atoms with Crippen LogP contribution in [0.5, 0.6) is 11.5 Å². The summed E-state index contributed by atoms with van der Waals surface area (Å²) in [4.78, 5) is 0. The summed E-state index contributed by atoms with van der Waals surface area (Å²) in [6, 6.07) is 11.2. The fraction of sp³-hybridized carbons (Fsp3) is 0.176. The summed E-state index contributed by atoms with van der Waals surface area (Å²) in [7, 11) is 0. The van der Waals surface area contributed by atoms with Gasteiger partial charge in [-0.05, 0) is 12.1 Å². The Kier molecular flexibility index (Phi) is 2.95. The molecule has 1 aliphatic heterocycles. The second-order valence-corrected chi connectivity index (χ2v) is 5.95. The van der Waals surface area contributed by atoms with E-state index in [1.807, 2.05) is 24.3 Å². The Labute approximate surface area is 128 Å². The van der Waals surface area contributed by atoms with E-state index in [0.29, 0.717) is 22.6 Å². The minimum absolute atomic E-state index is 0.00476. The van der Waals surface area contributed by atoms with E-state index in [2.05, 4.69) is 13.8 Å². The number of nitrogens with two attached hydrogens (primary N) is 2. The maximum absolute atomic E-state index is 7.74. The topological polar surface area (TPSA) is 109 Å². The number of hydrogen-bond donors (Lipinski definition) is 4. The van der Waals surface area contributed by atoms with Gasteiger partial charge in [0, 0.05) is 22.1 Å². The van der Waals surface area contributed by atoms with Gasteiger partial charge >= 0.3 is 0 Å². The summed E-state index contributed by atoms with van der Waals surface area (Å²) in [5.41, 5.74) is 14.1. The van der Waals surface area contributed by atoms with E-state index < -0.39 is 0 Å². The van der Waals surface area contributed by atoms with Crippen LogP contribution in [-0.4, -0.2) is 11.7 Å². The molecule has 0 radical (unpaired) electrons. The van der Waals surface area contributed by atoms with Gasteiger partial charge in [0.15, 0.2) is 0 Å². The minimum Gasteiger partial charge on any atom is -0.456 e. The Hall–Kier alpha value is -2.82. The molecule has 1 heterocycles. The third-order valence-electron chi connectivity index (χ3n) is 4.16. The Morgan fingerprint density at radius 1 is 1.00 bits per heavy atom. The van der Waals surface area contributed by atoms with Crippen molar-refractivity contribution in [3.05, 3.63) is 58.7 Å². The quantitative estimate of drug-likeness (QED) is 0.505. The predicted octanol–water partition coefficient (Wildman–Crippen LogP) is 2.69. The predicted molar refractivity (Wildman–Crippen MR) is 87.1 cm³/mol. The maximum Gasteiger partial charge on any atom is 0.142 e. The summed E-state index contributed by atoms with van der Waals surface area (Å²) in [6.07, 6.45) is 0. The van der Waals surface area contributed by atoms with Crippen LogP contribution in [0.2, 0.25) is 0 Å². The van der Waals surface area contributed by atoms with Crippen LogP contribution in [0.25, 0.3) is 0 Å². The lowest BCUT2D eigenvalue weighted by atomic mass is 9.75. The van der Waals surface area contributed by atoms with Gasteiger partial charge in [-0.2, -0.15) is 0 Å². The Morgan fingerprint density at radius 2 is 1.73 bits per heavy atom. The van der Waals surface area contributed by atoms with Crippen molar-refractivity contribution in [3.63, 3.8) is 0 Å². The van der Waals surface area contributed by atoms with Gasteiger partial charge < -0.3 is 16.2 Å². The second-order valence-electron chi connectivity index (χ2n) is 5.95. The van der Waals surface area contributed by atoms with Gasteiger partial charge in [-0.25, -0.2) is 0 Å². The molecule has 5 nitrogen and oxygen atoms in total. The molecular weight excluding hydrogens is 276 g/mol. The first-order valence-electron chi connectivity index (χ1n) is 6.97. The zero-order valence-corrected chi connectivity index (χ0v) is 12.5. The summed E-state index contributed by atoms with van der Waals surface area (Å²) in [5, 5.41) is 15.3. The summed E-state index contributed by atoms with van der Waals surface area (Å²) >= 11 is 0. The standard InChI is InChI=1S/C17H18N4O/c1-17(2)11-7-6-9(15(18)19)8-13(11)22-14-10(16(20)21)4-3-5-12(14)17/h3-8H,1-2H3,(H3,18,19)(H3,20,21). The van der Waals surface area contributed by atoms with Crippen molar-refractivity contribution in [2.45, 2.75) is 19.3 Å². The number of para-hydroxylation sites is 1. The van der Waals surface area contributed by atoms with Crippen LogP contribution >= 0.6 is 0 Å². The van der Waals surface area contributed by atoms with Crippen molar-refractivity contribution in [1.82, 2.24) is 0 Å². The van der Waals surface area contributed by atoms with Crippen LogP contribution in [0.1, 0.15) is 36.1 Å². The number of fused-ring (bicyclic) bond motifs is 2. The van der Waals surface area contributed by atoms with Crippen LogP contribution in [0.3, 0.4) is 0 Å². The van der Waals surface area contributed by atoms with E-state index in [-0.39, 0.29) is 17.1 Å². The Bertz CT molecular complexity index is 808. The molecule has 0 atom stereocenters. The first-order chi connectivity index (χ1) is 10.3. The number of rotatable bonds is 2. The fourth-order valence-corrected chi connectivity index (χ4v) is 2.90. The summed E-state index contributed by atoms with van der Waals surface area (Å²) in [5.74, 6) is 1.22. The average Bonchev–Trinajstić information content (AvgIpc) is 2.46. The molecule has 112 valence electrons.